The molecule has 1 saturated carbocycles. The van der Waals surface area contributed by atoms with Crippen molar-refractivity contribution in [3.8, 4) is 0 Å². The van der Waals surface area contributed by atoms with Gasteiger partial charge < -0.3 is 14.8 Å². The van der Waals surface area contributed by atoms with E-state index in [1.165, 1.54) is 0 Å². The molecule has 1 atom stereocenters. The highest BCUT2D eigenvalue weighted by atomic mass is 19.2. The number of aryl methyl sites for hydroxylation is 1. The zero-order valence-corrected chi connectivity index (χ0v) is 17.6. The molecular formula is C24H26F2N4O. The van der Waals surface area contributed by atoms with Gasteiger partial charge in [0, 0.05) is 60.6 Å². The predicted octanol–water partition coefficient (Wildman–Crippen LogP) is 4.08. The molecule has 1 aliphatic heterocycles. The first-order valence-electron chi connectivity index (χ1n) is 10.9. The summed E-state index contributed by atoms with van der Waals surface area (Å²) in [6.07, 6.45) is 7.80. The minimum atomic E-state index is -0.980. The number of benzene rings is 1. The molecule has 162 valence electrons. The number of piperidine rings is 1. The Balaban J connectivity index is 1.37. The molecular weight excluding hydrogens is 398 g/mol. The summed E-state index contributed by atoms with van der Waals surface area (Å²) in [7, 11) is 0. The van der Waals surface area contributed by atoms with Crippen LogP contribution in [0.25, 0.3) is 10.9 Å². The molecule has 0 radical (unpaired) electrons. The Labute approximate surface area is 179 Å². The van der Waals surface area contributed by atoms with Gasteiger partial charge in [0.05, 0.1) is 17.4 Å². The second-order valence-corrected chi connectivity index (χ2v) is 8.73. The zero-order chi connectivity index (χ0) is 21.5. The molecule has 5 nitrogen and oxygen atoms in total. The van der Waals surface area contributed by atoms with Crippen LogP contribution in [-0.4, -0.2) is 28.7 Å². The maximum absolute atomic E-state index is 13.9. The number of hydrogen-bond acceptors (Lipinski definition) is 4. The van der Waals surface area contributed by atoms with E-state index in [-0.39, 0.29) is 22.9 Å². The highest BCUT2D eigenvalue weighted by Gasteiger charge is 2.27. The Morgan fingerprint density at radius 2 is 1.97 bits per heavy atom. The lowest BCUT2D eigenvalue weighted by molar-refractivity contribution is 0.420. The van der Waals surface area contributed by atoms with E-state index in [4.69, 9.17) is 0 Å². The first-order chi connectivity index (χ1) is 15.0. The van der Waals surface area contributed by atoms with Crippen LogP contribution < -0.4 is 15.6 Å². The van der Waals surface area contributed by atoms with Gasteiger partial charge in [-0.25, -0.2) is 8.78 Å². The fourth-order valence-electron chi connectivity index (χ4n) is 4.46. The molecule has 1 aromatic carbocycles. The van der Waals surface area contributed by atoms with Gasteiger partial charge >= 0.3 is 0 Å². The average Bonchev–Trinajstić information content (AvgIpc) is 3.61. The van der Waals surface area contributed by atoms with Crippen LogP contribution in [0.3, 0.4) is 0 Å². The van der Waals surface area contributed by atoms with Gasteiger partial charge in [-0.2, -0.15) is 0 Å². The van der Waals surface area contributed by atoms with Crippen molar-refractivity contribution in [1.29, 1.82) is 0 Å². The van der Waals surface area contributed by atoms with Gasteiger partial charge in [-0.15, -0.1) is 0 Å². The summed E-state index contributed by atoms with van der Waals surface area (Å²) < 4.78 is 29.6. The first-order valence-corrected chi connectivity index (χ1v) is 10.9. The molecule has 2 fully saturated rings. The topological polar surface area (TPSA) is 50.2 Å². The van der Waals surface area contributed by atoms with Crippen LogP contribution in [0.4, 0.5) is 14.5 Å². The molecule has 3 aromatic rings. The number of rotatable bonds is 5. The smallest absolute Gasteiger partial charge is 0.193 e. The molecule has 1 N–H and O–H groups in total. The summed E-state index contributed by atoms with van der Waals surface area (Å²) in [5.74, 6) is -1.90. The monoisotopic (exact) mass is 424 g/mol. The van der Waals surface area contributed by atoms with E-state index in [9.17, 15) is 13.6 Å². The maximum atomic E-state index is 13.9. The Morgan fingerprint density at radius 1 is 1.16 bits per heavy atom. The number of hydrogen-bond donors (Lipinski definition) is 1. The Morgan fingerprint density at radius 3 is 2.71 bits per heavy atom. The van der Waals surface area contributed by atoms with Crippen LogP contribution >= 0.6 is 0 Å². The predicted molar refractivity (Wildman–Crippen MR) is 117 cm³/mol. The maximum Gasteiger partial charge on any atom is 0.193 e. The van der Waals surface area contributed by atoms with Gasteiger partial charge in [-0.3, -0.25) is 9.78 Å². The standard InChI is InChI=1S/C24H26F2N4O/c1-15-4-5-19(12-27-15)29-8-2-3-17(14-29)28-11-16-13-30(18-6-7-18)23-10-22(26)21(25)9-20(23)24(16)31/h4-5,9-10,12-13,17-18,28H,2-3,6-8,11,14H2,1H3/t17-/m0/s1. The quantitative estimate of drug-likeness (QED) is 0.671. The van der Waals surface area contributed by atoms with Crippen LogP contribution in [0.2, 0.25) is 0 Å². The summed E-state index contributed by atoms with van der Waals surface area (Å²) in [6.45, 7) is 4.21. The van der Waals surface area contributed by atoms with Crippen LogP contribution in [0.5, 0.6) is 0 Å². The van der Waals surface area contributed by atoms with Crippen LogP contribution in [0.1, 0.15) is 43.0 Å². The first kappa shape index (κ1) is 20.1. The van der Waals surface area contributed by atoms with Crippen LogP contribution in [-0.2, 0) is 6.54 Å². The number of fused-ring (bicyclic) bond motifs is 1. The van der Waals surface area contributed by atoms with Crippen molar-refractivity contribution in [2.24, 2.45) is 0 Å². The molecule has 0 amide bonds. The third kappa shape index (κ3) is 4.06. The second kappa shape index (κ2) is 8.04. The molecule has 1 saturated heterocycles. The van der Waals surface area contributed by atoms with Crippen molar-refractivity contribution in [2.45, 2.75) is 51.2 Å². The van der Waals surface area contributed by atoms with Gasteiger partial charge in [0.1, 0.15) is 0 Å². The molecule has 0 unspecified atom stereocenters. The molecule has 0 spiro atoms. The Bertz CT molecular complexity index is 1170. The minimum Gasteiger partial charge on any atom is -0.369 e. The lowest BCUT2D eigenvalue weighted by atomic mass is 10.0. The van der Waals surface area contributed by atoms with Crippen molar-refractivity contribution < 1.29 is 8.78 Å². The zero-order valence-electron chi connectivity index (χ0n) is 17.6. The number of halogens is 2. The number of anilines is 1. The van der Waals surface area contributed by atoms with Gasteiger partial charge in [-0.05, 0) is 50.8 Å². The third-order valence-electron chi connectivity index (χ3n) is 6.35. The van der Waals surface area contributed by atoms with Crippen molar-refractivity contribution in [3.05, 3.63) is 69.8 Å². The van der Waals surface area contributed by atoms with Gasteiger partial charge in [0.15, 0.2) is 17.1 Å². The molecule has 5 rings (SSSR count). The average molecular weight is 424 g/mol. The number of nitrogens with zero attached hydrogens (tertiary/aromatic N) is 3. The number of pyridine rings is 2. The highest BCUT2D eigenvalue weighted by Crippen LogP contribution is 2.37. The lowest BCUT2D eigenvalue weighted by Crippen LogP contribution is -2.46. The van der Waals surface area contributed by atoms with Gasteiger partial charge in [-0.1, -0.05) is 0 Å². The third-order valence-corrected chi connectivity index (χ3v) is 6.35. The normalized spacial score (nSPS) is 19.2. The molecule has 7 heteroatoms. The molecule has 0 bridgehead atoms. The highest BCUT2D eigenvalue weighted by molar-refractivity contribution is 5.80. The van der Waals surface area contributed by atoms with Crippen molar-refractivity contribution in [1.82, 2.24) is 14.9 Å². The minimum absolute atomic E-state index is 0.228. The summed E-state index contributed by atoms with van der Waals surface area (Å²) in [5.41, 5.74) is 2.95. The fourth-order valence-corrected chi connectivity index (χ4v) is 4.46. The Hall–Kier alpha value is -2.80. The van der Waals surface area contributed by atoms with Crippen molar-refractivity contribution in [2.75, 3.05) is 18.0 Å². The largest absolute Gasteiger partial charge is 0.369 e. The van der Waals surface area contributed by atoms with Gasteiger partial charge in [0.25, 0.3) is 0 Å². The Kier molecular flexibility index (Phi) is 5.22. The van der Waals surface area contributed by atoms with E-state index < -0.39 is 11.6 Å². The summed E-state index contributed by atoms with van der Waals surface area (Å²) >= 11 is 0. The van der Waals surface area contributed by atoms with Crippen LogP contribution in [0, 0.1) is 18.6 Å². The van der Waals surface area contributed by atoms with E-state index in [1.807, 2.05) is 30.0 Å². The van der Waals surface area contributed by atoms with E-state index in [1.54, 1.807) is 0 Å². The summed E-state index contributed by atoms with van der Waals surface area (Å²) in [4.78, 5) is 19.7. The molecule has 3 heterocycles. The van der Waals surface area contributed by atoms with E-state index in [2.05, 4.69) is 21.3 Å². The van der Waals surface area contributed by atoms with Crippen LogP contribution in [0.15, 0.2) is 41.5 Å². The van der Waals surface area contributed by atoms with E-state index in [0.29, 0.717) is 17.6 Å². The van der Waals surface area contributed by atoms with Gasteiger partial charge in [0.2, 0.25) is 0 Å². The molecule has 2 aliphatic rings. The SMILES string of the molecule is Cc1ccc(N2CCC[C@H](NCc3cn(C4CC4)c4cc(F)c(F)cc4c3=O)C2)cn1. The second-order valence-electron chi connectivity index (χ2n) is 8.73. The number of aromatic nitrogens is 2. The van der Waals surface area contributed by atoms with E-state index >= 15 is 0 Å². The van der Waals surface area contributed by atoms with E-state index in [0.717, 1.165) is 62.3 Å². The molecule has 31 heavy (non-hydrogen) atoms. The number of nitrogens with one attached hydrogen (secondary N) is 1. The summed E-state index contributed by atoms with van der Waals surface area (Å²) in [5, 5.41) is 3.77. The fraction of sp³-hybridized carbons (Fsp3) is 0.417. The molecule has 2 aromatic heterocycles. The van der Waals surface area contributed by atoms with Crippen molar-refractivity contribution in [3.63, 3.8) is 0 Å². The molecule has 1 aliphatic carbocycles. The lowest BCUT2D eigenvalue weighted by Gasteiger charge is -2.34. The van der Waals surface area contributed by atoms with Crippen molar-refractivity contribution >= 4 is 16.6 Å². The summed E-state index contributed by atoms with van der Waals surface area (Å²) in [6, 6.07) is 6.80.